The van der Waals surface area contributed by atoms with Crippen molar-refractivity contribution in [2.45, 2.75) is 39.5 Å². The molecular weight excluding hydrogens is 260 g/mol. The molecule has 1 amide bonds. The fourth-order valence-corrected chi connectivity index (χ4v) is 3.75. The summed E-state index contributed by atoms with van der Waals surface area (Å²) in [6, 6.07) is 0. The maximum atomic E-state index is 11.5. The van der Waals surface area contributed by atoms with Gasteiger partial charge in [0.1, 0.15) is 10.6 Å². The van der Waals surface area contributed by atoms with Crippen LogP contribution in [0.2, 0.25) is 0 Å². The molecule has 2 heterocycles. The maximum Gasteiger partial charge on any atom is 0.255 e. The molecular formula is C13H22N4OS. The summed E-state index contributed by atoms with van der Waals surface area (Å²) < 4.78 is 4.07. The molecule has 5 nitrogen and oxygen atoms in total. The molecule has 0 aliphatic carbocycles. The van der Waals surface area contributed by atoms with E-state index in [0.29, 0.717) is 11.0 Å². The molecule has 0 spiro atoms. The average molecular weight is 282 g/mol. The van der Waals surface area contributed by atoms with Gasteiger partial charge in [-0.2, -0.15) is 4.37 Å². The standard InChI is InChI=1S/C13H22N4OS/c1-3-13(4-2)5-7-17(8-6-13)12-9(11(15)18)10(14)16-19-12/h3-8H2,1-2H3,(H2,14,16)(H2,15,18). The summed E-state index contributed by atoms with van der Waals surface area (Å²) in [4.78, 5) is 13.7. The molecule has 1 aliphatic heterocycles. The van der Waals surface area contributed by atoms with Gasteiger partial charge in [-0.1, -0.05) is 26.7 Å². The Balaban J connectivity index is 2.16. The second-order valence-corrected chi connectivity index (χ2v) is 6.06. The van der Waals surface area contributed by atoms with Crippen LogP contribution in [-0.4, -0.2) is 23.4 Å². The number of anilines is 2. The van der Waals surface area contributed by atoms with Gasteiger partial charge in [-0.25, -0.2) is 0 Å². The normalized spacial score (nSPS) is 18.5. The van der Waals surface area contributed by atoms with Crippen molar-refractivity contribution in [3.63, 3.8) is 0 Å². The minimum absolute atomic E-state index is 0.260. The van der Waals surface area contributed by atoms with Crippen molar-refractivity contribution in [2.24, 2.45) is 11.1 Å². The van der Waals surface area contributed by atoms with Crippen LogP contribution in [0.3, 0.4) is 0 Å². The molecule has 1 saturated heterocycles. The zero-order chi connectivity index (χ0) is 14.0. The number of carbonyl (C=O) groups excluding carboxylic acids is 1. The molecule has 0 unspecified atom stereocenters. The molecule has 1 aromatic rings. The van der Waals surface area contributed by atoms with Crippen molar-refractivity contribution in [1.29, 1.82) is 0 Å². The molecule has 4 N–H and O–H groups in total. The van der Waals surface area contributed by atoms with Crippen LogP contribution in [0.4, 0.5) is 10.8 Å². The van der Waals surface area contributed by atoms with E-state index in [1.54, 1.807) is 0 Å². The van der Waals surface area contributed by atoms with Crippen molar-refractivity contribution in [1.82, 2.24) is 4.37 Å². The summed E-state index contributed by atoms with van der Waals surface area (Å²) in [7, 11) is 0. The molecule has 0 saturated carbocycles. The Morgan fingerprint density at radius 2 is 1.95 bits per heavy atom. The number of nitrogen functional groups attached to an aromatic ring is 1. The summed E-state index contributed by atoms with van der Waals surface area (Å²) in [5.41, 5.74) is 12.0. The van der Waals surface area contributed by atoms with Gasteiger partial charge in [0.2, 0.25) is 0 Å². The highest BCUT2D eigenvalue weighted by Crippen LogP contribution is 2.41. The SMILES string of the molecule is CCC1(CC)CCN(c2snc(N)c2C(N)=O)CC1. The summed E-state index contributed by atoms with van der Waals surface area (Å²) >= 11 is 1.28. The number of amides is 1. The Morgan fingerprint density at radius 3 is 2.42 bits per heavy atom. The minimum Gasteiger partial charge on any atom is -0.382 e. The lowest BCUT2D eigenvalue weighted by Gasteiger charge is -2.41. The van der Waals surface area contributed by atoms with Crippen molar-refractivity contribution < 1.29 is 4.79 Å². The predicted molar refractivity (Wildman–Crippen MR) is 79.5 cm³/mol. The van der Waals surface area contributed by atoms with Crippen LogP contribution in [0.25, 0.3) is 0 Å². The number of carbonyl (C=O) groups is 1. The van der Waals surface area contributed by atoms with Gasteiger partial charge in [0.15, 0.2) is 5.82 Å². The van der Waals surface area contributed by atoms with Crippen molar-refractivity contribution in [3.8, 4) is 0 Å². The quantitative estimate of drug-likeness (QED) is 0.886. The molecule has 0 bridgehead atoms. The minimum atomic E-state index is -0.482. The van der Waals surface area contributed by atoms with E-state index in [2.05, 4.69) is 23.1 Å². The largest absolute Gasteiger partial charge is 0.382 e. The van der Waals surface area contributed by atoms with Gasteiger partial charge >= 0.3 is 0 Å². The zero-order valence-electron chi connectivity index (χ0n) is 11.6. The lowest BCUT2D eigenvalue weighted by molar-refractivity contribution is 0.100. The summed E-state index contributed by atoms with van der Waals surface area (Å²) in [6.07, 6.45) is 4.72. The number of hydrogen-bond donors (Lipinski definition) is 2. The second-order valence-electron chi connectivity index (χ2n) is 5.31. The predicted octanol–water partition coefficient (Wildman–Crippen LogP) is 2.23. The Kier molecular flexibility index (Phi) is 3.99. The summed E-state index contributed by atoms with van der Waals surface area (Å²) in [5, 5.41) is 0.839. The molecule has 0 aromatic carbocycles. The molecule has 1 aliphatic rings. The van der Waals surface area contributed by atoms with Crippen molar-refractivity contribution >= 4 is 28.3 Å². The van der Waals surface area contributed by atoms with Crippen LogP contribution < -0.4 is 16.4 Å². The fourth-order valence-electron chi connectivity index (χ4n) is 2.88. The number of primary amides is 1. The van der Waals surface area contributed by atoms with Crippen LogP contribution in [-0.2, 0) is 0 Å². The van der Waals surface area contributed by atoms with E-state index < -0.39 is 5.91 Å². The van der Waals surface area contributed by atoms with E-state index in [-0.39, 0.29) is 5.82 Å². The van der Waals surface area contributed by atoms with E-state index in [4.69, 9.17) is 11.5 Å². The van der Waals surface area contributed by atoms with Gasteiger partial charge in [0.05, 0.1) is 0 Å². The van der Waals surface area contributed by atoms with Crippen LogP contribution >= 0.6 is 11.5 Å². The number of rotatable bonds is 4. The maximum absolute atomic E-state index is 11.5. The van der Waals surface area contributed by atoms with E-state index in [1.807, 2.05) is 0 Å². The number of nitrogens with zero attached hydrogens (tertiary/aromatic N) is 2. The van der Waals surface area contributed by atoms with Crippen LogP contribution in [0.15, 0.2) is 0 Å². The van der Waals surface area contributed by atoms with Gasteiger partial charge in [-0.3, -0.25) is 4.79 Å². The van der Waals surface area contributed by atoms with Crippen LogP contribution in [0.1, 0.15) is 49.9 Å². The van der Waals surface area contributed by atoms with Gasteiger partial charge in [-0.05, 0) is 29.8 Å². The number of hydrogen-bond acceptors (Lipinski definition) is 5. The third-order valence-corrected chi connectivity index (χ3v) is 5.48. The molecule has 1 aromatic heterocycles. The molecule has 2 rings (SSSR count). The first-order valence-corrected chi connectivity index (χ1v) is 7.60. The van der Waals surface area contributed by atoms with E-state index in [0.717, 1.165) is 30.9 Å². The third kappa shape index (κ3) is 2.54. The van der Waals surface area contributed by atoms with E-state index in [1.165, 1.54) is 24.4 Å². The van der Waals surface area contributed by atoms with E-state index >= 15 is 0 Å². The van der Waals surface area contributed by atoms with Gasteiger partial charge in [0, 0.05) is 13.1 Å². The first kappa shape index (κ1) is 14.1. The zero-order valence-corrected chi connectivity index (χ0v) is 12.4. The van der Waals surface area contributed by atoms with Crippen molar-refractivity contribution in [2.75, 3.05) is 23.7 Å². The highest BCUT2D eigenvalue weighted by molar-refractivity contribution is 7.11. The van der Waals surface area contributed by atoms with E-state index in [9.17, 15) is 4.79 Å². The number of aromatic nitrogens is 1. The first-order valence-electron chi connectivity index (χ1n) is 6.83. The Bertz CT molecular complexity index is 457. The van der Waals surface area contributed by atoms with Gasteiger partial charge < -0.3 is 16.4 Å². The topological polar surface area (TPSA) is 85.2 Å². The Morgan fingerprint density at radius 1 is 1.37 bits per heavy atom. The molecule has 1 fully saturated rings. The van der Waals surface area contributed by atoms with Crippen LogP contribution in [0, 0.1) is 5.41 Å². The molecule has 6 heteroatoms. The number of piperidine rings is 1. The summed E-state index contributed by atoms with van der Waals surface area (Å²) in [5.74, 6) is -0.223. The summed E-state index contributed by atoms with van der Waals surface area (Å²) in [6.45, 7) is 6.42. The van der Waals surface area contributed by atoms with Crippen molar-refractivity contribution in [3.05, 3.63) is 5.56 Å². The molecule has 0 atom stereocenters. The fraction of sp³-hybridized carbons (Fsp3) is 0.692. The lowest BCUT2D eigenvalue weighted by atomic mass is 9.74. The molecule has 0 radical (unpaired) electrons. The second kappa shape index (κ2) is 5.36. The Hall–Kier alpha value is -1.30. The van der Waals surface area contributed by atoms with Gasteiger partial charge in [0.25, 0.3) is 5.91 Å². The highest BCUT2D eigenvalue weighted by Gasteiger charge is 2.33. The van der Waals surface area contributed by atoms with Crippen LogP contribution in [0.5, 0.6) is 0 Å². The van der Waals surface area contributed by atoms with Gasteiger partial charge in [-0.15, -0.1) is 0 Å². The smallest absolute Gasteiger partial charge is 0.255 e. The molecule has 19 heavy (non-hydrogen) atoms. The monoisotopic (exact) mass is 282 g/mol. The highest BCUT2D eigenvalue weighted by atomic mass is 32.1. The number of nitrogens with two attached hydrogens (primary N) is 2. The molecule has 106 valence electrons. The first-order chi connectivity index (χ1) is 9.03. The average Bonchev–Trinajstić information content (AvgIpc) is 2.81. The lowest BCUT2D eigenvalue weighted by Crippen LogP contribution is -2.40. The Labute approximate surface area is 118 Å². The third-order valence-electron chi connectivity index (χ3n) is 4.56.